The van der Waals surface area contributed by atoms with Crippen LogP contribution in [0.15, 0.2) is 47.3 Å². The normalized spacial score (nSPS) is 18.1. The predicted molar refractivity (Wildman–Crippen MR) is 71.0 cm³/mol. The van der Waals surface area contributed by atoms with Gasteiger partial charge >= 0.3 is 5.97 Å². The number of carboxylic acid groups (broad SMARTS) is 1. The number of nitrogens with zero attached hydrogens (tertiary/aromatic N) is 1. The quantitative estimate of drug-likeness (QED) is 0.918. The third-order valence-corrected chi connectivity index (χ3v) is 3.54. The molecule has 0 amide bonds. The standard InChI is InChI=1S/C15H15NO3/c17-15(18)13-7-12-3-1-2-4-14(12)16(9-13)8-11-5-6-19-10-11/h1-6,10,13H,7-9H2,(H,17,18). The third-order valence-electron chi connectivity index (χ3n) is 3.54. The lowest BCUT2D eigenvalue weighted by Crippen LogP contribution is -2.38. The van der Waals surface area contributed by atoms with E-state index >= 15 is 0 Å². The Morgan fingerprint density at radius 1 is 1.37 bits per heavy atom. The average Bonchev–Trinajstić information content (AvgIpc) is 2.91. The molecule has 2 aromatic rings. The highest BCUT2D eigenvalue weighted by atomic mass is 16.4. The van der Waals surface area contributed by atoms with Gasteiger partial charge in [0.05, 0.1) is 18.4 Å². The van der Waals surface area contributed by atoms with Crippen molar-refractivity contribution in [2.45, 2.75) is 13.0 Å². The Hall–Kier alpha value is -2.23. The van der Waals surface area contributed by atoms with Crippen molar-refractivity contribution in [2.75, 3.05) is 11.4 Å². The Bertz CT molecular complexity index is 577. The molecule has 98 valence electrons. The van der Waals surface area contributed by atoms with E-state index in [0.29, 0.717) is 19.5 Å². The Morgan fingerprint density at radius 2 is 2.21 bits per heavy atom. The largest absolute Gasteiger partial charge is 0.481 e. The molecule has 0 saturated carbocycles. The van der Waals surface area contributed by atoms with Crippen LogP contribution in [0, 0.1) is 5.92 Å². The molecule has 1 aliphatic heterocycles. The number of anilines is 1. The fraction of sp³-hybridized carbons (Fsp3) is 0.267. The van der Waals surface area contributed by atoms with Crippen LogP contribution < -0.4 is 4.90 Å². The molecule has 3 rings (SSSR count). The minimum atomic E-state index is -0.730. The fourth-order valence-corrected chi connectivity index (χ4v) is 2.60. The van der Waals surface area contributed by atoms with Gasteiger partial charge in [-0.15, -0.1) is 0 Å². The number of hydrogen-bond acceptors (Lipinski definition) is 3. The van der Waals surface area contributed by atoms with Crippen LogP contribution >= 0.6 is 0 Å². The van der Waals surface area contributed by atoms with Gasteiger partial charge in [0.1, 0.15) is 0 Å². The second kappa shape index (κ2) is 4.80. The summed E-state index contributed by atoms with van der Waals surface area (Å²) < 4.78 is 5.08. The van der Waals surface area contributed by atoms with E-state index in [0.717, 1.165) is 16.8 Å². The molecular formula is C15H15NO3. The van der Waals surface area contributed by atoms with Gasteiger partial charge in [-0.2, -0.15) is 0 Å². The van der Waals surface area contributed by atoms with E-state index in [1.54, 1.807) is 12.5 Å². The summed E-state index contributed by atoms with van der Waals surface area (Å²) in [5, 5.41) is 9.26. The number of para-hydroxylation sites is 1. The highest BCUT2D eigenvalue weighted by Crippen LogP contribution is 2.30. The Balaban J connectivity index is 1.91. The summed E-state index contributed by atoms with van der Waals surface area (Å²) in [7, 11) is 0. The zero-order valence-electron chi connectivity index (χ0n) is 10.5. The lowest BCUT2D eigenvalue weighted by atomic mass is 9.92. The number of carboxylic acids is 1. The van der Waals surface area contributed by atoms with Gasteiger partial charge in [-0.1, -0.05) is 18.2 Å². The number of aliphatic carboxylic acids is 1. The molecule has 4 nitrogen and oxygen atoms in total. The smallest absolute Gasteiger partial charge is 0.308 e. The first-order valence-corrected chi connectivity index (χ1v) is 6.31. The van der Waals surface area contributed by atoms with E-state index in [-0.39, 0.29) is 5.92 Å². The number of fused-ring (bicyclic) bond motifs is 1. The van der Waals surface area contributed by atoms with E-state index < -0.39 is 5.97 Å². The van der Waals surface area contributed by atoms with Crippen LogP contribution in [0.25, 0.3) is 0 Å². The Kier molecular flexibility index (Phi) is 2.99. The van der Waals surface area contributed by atoms with Crippen molar-refractivity contribution >= 4 is 11.7 Å². The first kappa shape index (κ1) is 11.8. The summed E-state index contributed by atoms with van der Waals surface area (Å²) in [6, 6.07) is 9.91. The molecule has 1 aromatic carbocycles. The van der Waals surface area contributed by atoms with Crippen molar-refractivity contribution in [3.8, 4) is 0 Å². The molecular weight excluding hydrogens is 242 g/mol. The number of carbonyl (C=O) groups is 1. The van der Waals surface area contributed by atoms with E-state index in [1.165, 1.54) is 0 Å². The maximum Gasteiger partial charge on any atom is 0.308 e. The molecule has 0 saturated heterocycles. The second-order valence-corrected chi connectivity index (χ2v) is 4.88. The molecule has 1 unspecified atom stereocenters. The molecule has 0 aliphatic carbocycles. The number of furan rings is 1. The number of rotatable bonds is 3. The summed E-state index contributed by atoms with van der Waals surface area (Å²) in [4.78, 5) is 13.4. The molecule has 4 heteroatoms. The van der Waals surface area contributed by atoms with E-state index in [9.17, 15) is 9.90 Å². The third kappa shape index (κ3) is 2.34. The minimum absolute atomic E-state index is 0.346. The molecule has 1 N–H and O–H groups in total. The van der Waals surface area contributed by atoms with Gasteiger partial charge in [-0.3, -0.25) is 4.79 Å². The van der Waals surface area contributed by atoms with Crippen LogP contribution in [0.1, 0.15) is 11.1 Å². The molecule has 0 bridgehead atoms. The van der Waals surface area contributed by atoms with Crippen molar-refractivity contribution in [2.24, 2.45) is 5.92 Å². The summed E-state index contributed by atoms with van der Waals surface area (Å²) in [6.45, 7) is 1.22. The van der Waals surface area contributed by atoms with Crippen molar-refractivity contribution < 1.29 is 14.3 Å². The highest BCUT2D eigenvalue weighted by molar-refractivity contribution is 5.73. The zero-order chi connectivity index (χ0) is 13.2. The van der Waals surface area contributed by atoms with Gasteiger partial charge < -0.3 is 14.4 Å². The van der Waals surface area contributed by atoms with E-state index in [1.807, 2.05) is 30.3 Å². The van der Waals surface area contributed by atoms with Crippen molar-refractivity contribution in [3.05, 3.63) is 54.0 Å². The van der Waals surface area contributed by atoms with Gasteiger partial charge in [0.25, 0.3) is 0 Å². The van der Waals surface area contributed by atoms with E-state index in [4.69, 9.17) is 4.42 Å². The van der Waals surface area contributed by atoms with Gasteiger partial charge in [-0.05, 0) is 24.1 Å². The Labute approximate surface area is 111 Å². The summed E-state index contributed by atoms with van der Waals surface area (Å²) in [5.74, 6) is -1.08. The van der Waals surface area contributed by atoms with Gasteiger partial charge in [0.2, 0.25) is 0 Å². The predicted octanol–water partition coefficient (Wildman–Crippen LogP) is 2.54. The van der Waals surface area contributed by atoms with Gasteiger partial charge in [0.15, 0.2) is 0 Å². The number of hydrogen-bond donors (Lipinski definition) is 1. The average molecular weight is 257 g/mol. The monoisotopic (exact) mass is 257 g/mol. The van der Waals surface area contributed by atoms with Crippen LogP contribution in [0.3, 0.4) is 0 Å². The molecule has 0 radical (unpaired) electrons. The fourth-order valence-electron chi connectivity index (χ4n) is 2.60. The second-order valence-electron chi connectivity index (χ2n) is 4.88. The maximum atomic E-state index is 11.3. The molecule has 2 heterocycles. The van der Waals surface area contributed by atoms with Crippen LogP contribution in [0.4, 0.5) is 5.69 Å². The Morgan fingerprint density at radius 3 is 2.95 bits per heavy atom. The molecule has 1 aliphatic rings. The summed E-state index contributed by atoms with van der Waals surface area (Å²) in [6.07, 6.45) is 3.94. The number of benzene rings is 1. The van der Waals surface area contributed by atoms with Gasteiger partial charge in [0, 0.05) is 24.3 Å². The van der Waals surface area contributed by atoms with Crippen molar-refractivity contribution in [3.63, 3.8) is 0 Å². The van der Waals surface area contributed by atoms with E-state index in [2.05, 4.69) is 4.90 Å². The van der Waals surface area contributed by atoms with Crippen LogP contribution in [-0.4, -0.2) is 17.6 Å². The van der Waals surface area contributed by atoms with Crippen molar-refractivity contribution in [1.29, 1.82) is 0 Å². The topological polar surface area (TPSA) is 53.7 Å². The van der Waals surface area contributed by atoms with Crippen LogP contribution in [0.2, 0.25) is 0 Å². The SMILES string of the molecule is O=C(O)C1Cc2ccccc2N(Cc2ccoc2)C1. The lowest BCUT2D eigenvalue weighted by Gasteiger charge is -2.34. The molecule has 19 heavy (non-hydrogen) atoms. The lowest BCUT2D eigenvalue weighted by molar-refractivity contribution is -0.141. The highest BCUT2D eigenvalue weighted by Gasteiger charge is 2.28. The first-order chi connectivity index (χ1) is 9.24. The zero-order valence-corrected chi connectivity index (χ0v) is 10.5. The van der Waals surface area contributed by atoms with Crippen LogP contribution in [0.5, 0.6) is 0 Å². The first-order valence-electron chi connectivity index (χ1n) is 6.31. The maximum absolute atomic E-state index is 11.3. The summed E-state index contributed by atoms with van der Waals surface area (Å²) in [5.41, 5.74) is 3.28. The summed E-state index contributed by atoms with van der Waals surface area (Å²) >= 11 is 0. The van der Waals surface area contributed by atoms with Crippen LogP contribution in [-0.2, 0) is 17.8 Å². The molecule has 1 atom stereocenters. The molecule has 0 fully saturated rings. The molecule has 0 spiro atoms. The van der Waals surface area contributed by atoms with Gasteiger partial charge in [-0.25, -0.2) is 0 Å². The van der Waals surface area contributed by atoms with Crippen molar-refractivity contribution in [1.82, 2.24) is 0 Å². The minimum Gasteiger partial charge on any atom is -0.481 e. The molecule has 1 aromatic heterocycles.